The molecule has 0 bridgehead atoms. The minimum atomic E-state index is -3.85. The van der Waals surface area contributed by atoms with Crippen LogP contribution in [-0.4, -0.2) is 213 Å². The number of nitrogens with zero attached hydrogens (tertiary/aromatic N) is 6. The van der Waals surface area contributed by atoms with E-state index in [1.807, 2.05) is 66.7 Å². The number of para-hydroxylation sites is 3. The van der Waals surface area contributed by atoms with E-state index in [9.17, 15) is 75.5 Å². The Kier molecular flexibility index (Phi) is 30.2. The third-order valence-electron chi connectivity index (χ3n) is 22.4. The van der Waals surface area contributed by atoms with Gasteiger partial charge in [0.2, 0.25) is 0 Å². The molecule has 15 rings (SSSR count). The number of nitrogens with one attached hydrogen (secondary N) is 9. The molecule has 0 radical (unpaired) electrons. The molecular weight excluding hydrogens is 1760 g/mol. The normalized spacial score (nSPS) is 13.4. The van der Waals surface area contributed by atoms with E-state index in [-0.39, 0.29) is 86.8 Å². The number of ether oxygens (including phenoxy) is 4. The van der Waals surface area contributed by atoms with E-state index in [0.29, 0.717) is 124 Å². The van der Waals surface area contributed by atoms with E-state index in [1.54, 1.807) is 90.7 Å². The summed E-state index contributed by atoms with van der Waals surface area (Å²) in [5, 5.41) is 17.2. The van der Waals surface area contributed by atoms with Gasteiger partial charge >= 0.3 is 42.0 Å². The zero-order chi connectivity index (χ0) is 96.3. The van der Waals surface area contributed by atoms with Crippen molar-refractivity contribution in [2.45, 2.75) is 43.5 Å². The summed E-state index contributed by atoms with van der Waals surface area (Å²) in [7, 11) is 1.96. The summed E-state index contributed by atoms with van der Waals surface area (Å²) >= 11 is 0. The lowest BCUT2D eigenvalue weighted by molar-refractivity contribution is -0.130. The molecule has 0 aliphatic carbocycles. The number of aromatic nitrogens is 3. The lowest BCUT2D eigenvalue weighted by Crippen LogP contribution is -2.56. The van der Waals surface area contributed by atoms with Crippen molar-refractivity contribution in [3.63, 3.8) is 0 Å². The average molecular weight is 1840 g/mol. The van der Waals surface area contributed by atoms with Gasteiger partial charge in [-0.15, -0.1) is 0 Å². The first-order chi connectivity index (χ1) is 65.0. The summed E-state index contributed by atoms with van der Waals surface area (Å²) in [6.07, 6.45) is 6.29. The molecule has 9 aromatic carbocycles. The van der Waals surface area contributed by atoms with Crippen LogP contribution in [0, 0.1) is 13.1 Å². The molecule has 10 amide bonds. The molecule has 686 valence electrons. The minimum absolute atomic E-state index is 0.0264. The Morgan fingerprint density at radius 2 is 0.696 bits per heavy atom. The van der Waals surface area contributed by atoms with Crippen molar-refractivity contribution in [3.05, 3.63) is 314 Å². The highest BCUT2D eigenvalue weighted by molar-refractivity contribution is 7.86. The summed E-state index contributed by atoms with van der Waals surface area (Å²) in [5.41, 5.74) is 8.81. The fraction of sp³-hybridized carbons (Fsp3) is 0.184. The van der Waals surface area contributed by atoms with Gasteiger partial charge in [0.05, 0.1) is 126 Å². The van der Waals surface area contributed by atoms with Crippen molar-refractivity contribution < 1.29 is 98.7 Å². The number of urea groups is 3. The van der Waals surface area contributed by atoms with Crippen molar-refractivity contribution >= 4 is 171 Å². The molecule has 0 spiro atoms. The molecule has 135 heavy (non-hydrogen) atoms. The summed E-state index contributed by atoms with van der Waals surface area (Å²) in [4.78, 5) is 202. The van der Waals surface area contributed by atoms with Gasteiger partial charge in [-0.2, -0.15) is 8.42 Å². The number of anilines is 6. The number of methoxy groups -OCH3 is 4. The minimum Gasteiger partial charge on any atom is -0.465 e. The van der Waals surface area contributed by atoms with Gasteiger partial charge in [-0.3, -0.25) is 37.7 Å². The second kappa shape index (κ2) is 42.9. The van der Waals surface area contributed by atoms with Crippen molar-refractivity contribution in [2.75, 3.05) is 113 Å². The van der Waals surface area contributed by atoms with Crippen LogP contribution in [0.25, 0.3) is 53.8 Å². The van der Waals surface area contributed by atoms with Gasteiger partial charge in [0.1, 0.15) is 0 Å². The first-order valence-electron chi connectivity index (χ1n) is 41.8. The number of fused-ring (bicyclic) bond motifs is 3. The van der Waals surface area contributed by atoms with Gasteiger partial charge in [-0.05, 0) is 135 Å². The molecule has 3 aliphatic rings. The number of H-pyrrole nitrogens is 3. The Bertz CT molecular complexity index is 6910. The van der Waals surface area contributed by atoms with Gasteiger partial charge in [0, 0.05) is 109 Å². The van der Waals surface area contributed by atoms with Crippen LogP contribution in [0.15, 0.2) is 241 Å². The topological polar surface area (TPSA) is 460 Å². The lowest BCUT2D eigenvalue weighted by Gasteiger charge is -2.39. The third-order valence-corrected chi connectivity index (χ3v) is 23.7. The zero-order valence-electron chi connectivity index (χ0n) is 73.4. The smallest absolute Gasteiger partial charge is 0.337 e. The van der Waals surface area contributed by atoms with Gasteiger partial charge in [0.25, 0.3) is 51.1 Å². The fourth-order valence-corrected chi connectivity index (χ4v) is 16.3. The van der Waals surface area contributed by atoms with E-state index >= 15 is 0 Å². The van der Waals surface area contributed by atoms with E-state index in [2.05, 4.69) is 60.7 Å². The largest absolute Gasteiger partial charge is 0.465 e. The number of aromatic amines is 3. The number of carbonyl (C=O) groups is 14. The summed E-state index contributed by atoms with van der Waals surface area (Å²) < 4.78 is 47.0. The van der Waals surface area contributed by atoms with Crippen LogP contribution in [0.3, 0.4) is 0 Å². The summed E-state index contributed by atoms with van der Waals surface area (Å²) in [6, 6.07) is 53.5. The number of piperidine rings is 2. The number of rotatable bonds is 21. The molecule has 37 heteroatoms. The highest BCUT2D eigenvalue weighted by Crippen LogP contribution is 2.35. The number of esters is 4. The lowest BCUT2D eigenvalue weighted by atomic mass is 9.97. The molecule has 1 atom stereocenters. The standard InChI is InChI=1S/C34H29N5O7.C33H31N5O8.C31H27N5O6S/c1-35-28(20-8-5-4-6-9-20)21-12-14-39(15-13-21)31(41)30(40)26-19-36-29-25(26)10-7-11-27(29)38-34(44)37-24-17-22(32(42)45-2)16-23(18-24)33(43)46-3;1-19-18-37(29(40)20-8-5-4-6-9-20)12-13-38(19)30(41)28(39)25-17-34-27-24(25)10-7-11-26(27)36-33(44)35-23-15-21(31(42)45-2)14-22(16-23)32(43)46-3;1-32-27(20-7-4-3-5-8-20)21-15-17-36(18-16-21)30(38)29(37)25-19-33-28-24(25)9-6-10-26(28)35-31(39)34-22-11-13-23(14-12-22)43(40,41)42-2/h4-11,16-19,36H,12-15H2,2-3H3,(H2,37,38,44);4-11,14-17,19,34H,12-13,18H2,1-3H3,(H2,35,36,44);3-14,19,33H,15-18H2,2H3,(H2,34,35,39)/t;19-;/m.1./s1. The number of hydrogen-bond donors (Lipinski definition) is 9. The van der Waals surface area contributed by atoms with Crippen LogP contribution in [0.1, 0.15) is 127 Å². The first kappa shape index (κ1) is 95.1. The highest BCUT2D eigenvalue weighted by atomic mass is 32.2. The molecule has 0 unspecified atom stereocenters. The van der Waals surface area contributed by atoms with Crippen molar-refractivity contribution in [2.24, 2.45) is 0 Å². The second-order valence-electron chi connectivity index (χ2n) is 30.6. The molecule has 12 aromatic rings. The maximum Gasteiger partial charge on any atom is 0.337 e. The van der Waals surface area contributed by atoms with Crippen LogP contribution < -0.4 is 31.9 Å². The monoisotopic (exact) mass is 1840 g/mol. The highest BCUT2D eigenvalue weighted by Gasteiger charge is 2.37. The predicted molar refractivity (Wildman–Crippen MR) is 500 cm³/mol. The van der Waals surface area contributed by atoms with Crippen molar-refractivity contribution in [1.29, 1.82) is 0 Å². The maximum atomic E-state index is 13.4. The number of carbonyl (C=O) groups excluding carboxylic acids is 14. The number of hydrogen-bond acceptors (Lipinski definition) is 21. The number of amides is 10. The summed E-state index contributed by atoms with van der Waals surface area (Å²) in [6.45, 7) is 19.2. The Morgan fingerprint density at radius 1 is 0.363 bits per heavy atom. The number of likely N-dealkylation sites (tertiary alicyclic amines) is 2. The fourth-order valence-electron chi connectivity index (χ4n) is 15.6. The molecule has 3 fully saturated rings. The Labute approximate surface area is 771 Å². The third kappa shape index (κ3) is 22.0. The van der Waals surface area contributed by atoms with Gasteiger partial charge in [-0.25, -0.2) is 43.3 Å². The van der Waals surface area contributed by atoms with Gasteiger partial charge in [0.15, 0.2) is 11.4 Å². The molecule has 3 aromatic heterocycles. The average Bonchev–Trinajstić information content (AvgIpc) is 1.64. The molecule has 3 aliphatic heterocycles. The van der Waals surface area contributed by atoms with Crippen LogP contribution in [-0.2, 0) is 47.6 Å². The maximum absolute atomic E-state index is 13.4. The zero-order valence-corrected chi connectivity index (χ0v) is 74.2. The van der Waals surface area contributed by atoms with Crippen LogP contribution in [0.5, 0.6) is 0 Å². The number of ketones is 3. The van der Waals surface area contributed by atoms with E-state index in [0.717, 1.165) is 29.4 Å². The van der Waals surface area contributed by atoms with E-state index in [1.165, 1.54) is 122 Å². The predicted octanol–water partition coefficient (Wildman–Crippen LogP) is 14.7. The molecular formula is C98H87N15O21S. The molecule has 0 saturated carbocycles. The van der Waals surface area contributed by atoms with E-state index < -0.39 is 87.2 Å². The van der Waals surface area contributed by atoms with Gasteiger partial charge < -0.3 is 85.4 Å². The Hall–Kier alpha value is -17.5. The van der Waals surface area contributed by atoms with Crippen LogP contribution >= 0.6 is 0 Å². The van der Waals surface area contributed by atoms with Crippen LogP contribution in [0.4, 0.5) is 48.5 Å². The second-order valence-corrected chi connectivity index (χ2v) is 32.3. The first-order valence-corrected chi connectivity index (χ1v) is 43.2. The quantitative estimate of drug-likeness (QED) is 0.00805. The number of Topliss-reactive ketones (excluding diaryl/α,β-unsaturated/α-hetero) is 3. The molecule has 3 saturated heterocycles. The van der Waals surface area contributed by atoms with Crippen LogP contribution in [0.2, 0.25) is 0 Å². The Balaban J connectivity index is 0.000000172. The molecule has 6 heterocycles. The van der Waals surface area contributed by atoms with Crippen molar-refractivity contribution in [3.8, 4) is 0 Å². The summed E-state index contributed by atoms with van der Waals surface area (Å²) in [5.74, 6) is -7.03. The SMILES string of the molecule is COC(=O)c1cc(NC(=O)Nc2cccc3c(C(=O)C(=O)N4CCN(C(=O)c5ccccc5)C[C@H]4C)c[nH]c23)cc(C(=O)OC)c1.[C-]#[N+]C(=C1CCN(C(=O)C(=O)c2c[nH]c3c(NC(=O)Nc4cc(C(=O)OC)cc(C(=O)OC)c4)cccc23)CC1)c1ccccc1.[C-]#[N+]C(=C1CCN(C(=O)C(=O)c2c[nH]c3c(NC(=O)Nc4ccc(S(=O)(=O)OC)cc4)cccc23)CC1)c1ccccc1. The Morgan fingerprint density at radius 3 is 1.02 bits per heavy atom. The van der Waals surface area contributed by atoms with Gasteiger partial charge in [-0.1, -0.05) is 126 Å². The number of benzene rings is 9. The van der Waals surface area contributed by atoms with Crippen molar-refractivity contribution in [1.82, 2.24) is 34.6 Å². The van der Waals surface area contributed by atoms with E-state index in [4.69, 9.17) is 32.1 Å². The molecule has 9 N–H and O–H groups in total. The molecule has 36 nitrogen and oxygen atoms in total. The number of piperazine rings is 1.